The van der Waals surface area contributed by atoms with Crippen LogP contribution in [0.1, 0.15) is 31.4 Å². The van der Waals surface area contributed by atoms with Gasteiger partial charge in [0.15, 0.2) is 6.10 Å². The van der Waals surface area contributed by atoms with Gasteiger partial charge in [0, 0.05) is 24.3 Å². The van der Waals surface area contributed by atoms with Crippen molar-refractivity contribution in [2.75, 3.05) is 16.8 Å². The van der Waals surface area contributed by atoms with Gasteiger partial charge in [0.2, 0.25) is 5.91 Å². The number of para-hydroxylation sites is 1. The molecule has 0 spiro atoms. The Labute approximate surface area is 175 Å². The van der Waals surface area contributed by atoms with Crippen LogP contribution in [-0.4, -0.2) is 30.4 Å². The van der Waals surface area contributed by atoms with Gasteiger partial charge in [-0.2, -0.15) is 5.26 Å². The SMILES string of the molecule is CCc1ccccc1N1C[C@@H](C(=O)O[C@H](C)C(=O)Nc2cccc(C#N)c2)CC1=O. The molecule has 0 aromatic heterocycles. The van der Waals surface area contributed by atoms with E-state index in [4.69, 9.17) is 10.00 Å². The topological polar surface area (TPSA) is 99.5 Å². The Morgan fingerprint density at radius 1 is 1.27 bits per heavy atom. The van der Waals surface area contributed by atoms with E-state index in [1.165, 1.54) is 13.0 Å². The van der Waals surface area contributed by atoms with Crippen molar-refractivity contribution in [3.63, 3.8) is 0 Å². The van der Waals surface area contributed by atoms with E-state index in [-0.39, 0.29) is 18.9 Å². The molecule has 7 heteroatoms. The molecule has 154 valence electrons. The number of amides is 2. The third-order valence-electron chi connectivity index (χ3n) is 5.04. The van der Waals surface area contributed by atoms with Crippen molar-refractivity contribution in [1.82, 2.24) is 0 Å². The van der Waals surface area contributed by atoms with Crippen LogP contribution < -0.4 is 10.2 Å². The minimum atomic E-state index is -1.03. The lowest BCUT2D eigenvalue weighted by Crippen LogP contribution is -2.33. The van der Waals surface area contributed by atoms with E-state index >= 15 is 0 Å². The third kappa shape index (κ3) is 4.66. The number of hydrogen-bond donors (Lipinski definition) is 1. The number of esters is 1. The number of ether oxygens (including phenoxy) is 1. The van der Waals surface area contributed by atoms with Gasteiger partial charge in [0.1, 0.15) is 0 Å². The van der Waals surface area contributed by atoms with E-state index in [0.29, 0.717) is 11.3 Å². The second kappa shape index (κ2) is 9.23. The van der Waals surface area contributed by atoms with Crippen LogP contribution in [0, 0.1) is 17.2 Å². The summed E-state index contributed by atoms with van der Waals surface area (Å²) >= 11 is 0. The number of hydrogen-bond acceptors (Lipinski definition) is 5. The fourth-order valence-electron chi connectivity index (χ4n) is 3.41. The Morgan fingerprint density at radius 3 is 2.77 bits per heavy atom. The average molecular weight is 405 g/mol. The minimum Gasteiger partial charge on any atom is -0.452 e. The Bertz CT molecular complexity index is 1010. The van der Waals surface area contributed by atoms with Crippen LogP contribution in [0.3, 0.4) is 0 Å². The molecular formula is C23H23N3O4. The van der Waals surface area contributed by atoms with Crippen molar-refractivity contribution in [2.45, 2.75) is 32.8 Å². The van der Waals surface area contributed by atoms with Crippen LogP contribution in [0.25, 0.3) is 0 Å². The number of nitriles is 1. The molecule has 0 radical (unpaired) electrons. The molecule has 2 aromatic carbocycles. The van der Waals surface area contributed by atoms with Gasteiger partial charge in [-0.1, -0.05) is 31.2 Å². The summed E-state index contributed by atoms with van der Waals surface area (Å²) in [4.78, 5) is 39.0. The van der Waals surface area contributed by atoms with Gasteiger partial charge in [0.25, 0.3) is 5.91 Å². The smallest absolute Gasteiger partial charge is 0.312 e. The number of rotatable bonds is 6. The predicted octanol–water partition coefficient (Wildman–Crippen LogP) is 3.04. The fourth-order valence-corrected chi connectivity index (χ4v) is 3.41. The molecule has 1 N–H and O–H groups in total. The highest BCUT2D eigenvalue weighted by molar-refractivity contribution is 6.01. The zero-order valence-corrected chi connectivity index (χ0v) is 16.9. The fraction of sp³-hybridized carbons (Fsp3) is 0.304. The molecule has 0 bridgehead atoms. The molecule has 0 unspecified atom stereocenters. The van der Waals surface area contributed by atoms with Crippen LogP contribution in [0.15, 0.2) is 48.5 Å². The first-order chi connectivity index (χ1) is 14.4. The predicted molar refractivity (Wildman–Crippen MR) is 112 cm³/mol. The summed E-state index contributed by atoms with van der Waals surface area (Å²) in [5, 5.41) is 11.6. The van der Waals surface area contributed by atoms with Crippen LogP contribution >= 0.6 is 0 Å². The molecule has 2 atom stereocenters. The Balaban J connectivity index is 1.61. The Hall–Kier alpha value is -3.66. The highest BCUT2D eigenvalue weighted by Crippen LogP contribution is 2.29. The normalized spacial score (nSPS) is 16.6. The third-order valence-corrected chi connectivity index (χ3v) is 5.04. The van der Waals surface area contributed by atoms with Crippen molar-refractivity contribution in [3.8, 4) is 6.07 Å². The highest BCUT2D eigenvalue weighted by Gasteiger charge is 2.37. The van der Waals surface area contributed by atoms with Gasteiger partial charge >= 0.3 is 5.97 Å². The Morgan fingerprint density at radius 2 is 2.03 bits per heavy atom. The van der Waals surface area contributed by atoms with E-state index < -0.39 is 23.9 Å². The lowest BCUT2D eigenvalue weighted by Gasteiger charge is -2.20. The van der Waals surface area contributed by atoms with E-state index in [0.717, 1.165) is 17.7 Å². The van der Waals surface area contributed by atoms with Gasteiger partial charge in [-0.05, 0) is 43.2 Å². The molecule has 1 aliphatic rings. The minimum absolute atomic E-state index is 0.0510. The van der Waals surface area contributed by atoms with E-state index in [9.17, 15) is 14.4 Å². The highest BCUT2D eigenvalue weighted by atomic mass is 16.5. The molecule has 2 amide bonds. The number of carbonyl (C=O) groups excluding carboxylic acids is 3. The summed E-state index contributed by atoms with van der Waals surface area (Å²) in [6, 6.07) is 16.1. The van der Waals surface area contributed by atoms with Crippen molar-refractivity contribution < 1.29 is 19.1 Å². The standard InChI is InChI=1S/C23H23N3O4/c1-3-17-8-4-5-10-20(17)26-14-18(12-21(26)27)23(29)30-15(2)22(28)25-19-9-6-7-16(11-19)13-24/h4-11,15,18H,3,12,14H2,1-2H3,(H,25,28)/t15-,18+/m1/s1. The summed E-state index contributed by atoms with van der Waals surface area (Å²) in [6.07, 6.45) is -0.204. The van der Waals surface area contributed by atoms with Crippen LogP contribution in [-0.2, 0) is 25.5 Å². The maximum absolute atomic E-state index is 12.6. The second-order valence-corrected chi connectivity index (χ2v) is 7.15. The number of nitrogens with one attached hydrogen (secondary N) is 1. The Kier molecular flexibility index (Phi) is 6.48. The molecule has 3 rings (SSSR count). The van der Waals surface area contributed by atoms with Crippen LogP contribution in [0.2, 0.25) is 0 Å². The van der Waals surface area contributed by atoms with Gasteiger partial charge in [0.05, 0.1) is 17.6 Å². The quantitative estimate of drug-likeness (QED) is 0.745. The zero-order chi connectivity index (χ0) is 21.7. The van der Waals surface area contributed by atoms with Crippen molar-refractivity contribution >= 4 is 29.2 Å². The number of anilines is 2. The van der Waals surface area contributed by atoms with Gasteiger partial charge in [-0.15, -0.1) is 0 Å². The van der Waals surface area contributed by atoms with Crippen LogP contribution in [0.5, 0.6) is 0 Å². The summed E-state index contributed by atoms with van der Waals surface area (Å²) in [5.41, 5.74) is 2.70. The number of carbonyl (C=O) groups is 3. The first-order valence-electron chi connectivity index (χ1n) is 9.82. The molecular weight excluding hydrogens is 382 g/mol. The summed E-state index contributed by atoms with van der Waals surface area (Å²) in [7, 11) is 0. The molecule has 0 aliphatic carbocycles. The van der Waals surface area contributed by atoms with Crippen molar-refractivity contribution in [1.29, 1.82) is 5.26 Å². The average Bonchev–Trinajstić information content (AvgIpc) is 3.15. The molecule has 7 nitrogen and oxygen atoms in total. The number of benzene rings is 2. The van der Waals surface area contributed by atoms with Gasteiger partial charge in [-0.3, -0.25) is 14.4 Å². The molecule has 1 heterocycles. The number of nitrogens with zero attached hydrogens (tertiary/aromatic N) is 2. The lowest BCUT2D eigenvalue weighted by atomic mass is 10.1. The first kappa shape index (κ1) is 21.1. The summed E-state index contributed by atoms with van der Waals surface area (Å²) < 4.78 is 5.32. The first-order valence-corrected chi connectivity index (χ1v) is 9.82. The van der Waals surface area contributed by atoms with Gasteiger partial charge < -0.3 is 15.0 Å². The van der Waals surface area contributed by atoms with E-state index in [2.05, 4.69) is 5.32 Å². The lowest BCUT2D eigenvalue weighted by molar-refractivity contribution is -0.157. The van der Waals surface area contributed by atoms with E-state index in [1.54, 1.807) is 23.1 Å². The van der Waals surface area contributed by atoms with Crippen molar-refractivity contribution in [2.24, 2.45) is 5.92 Å². The maximum Gasteiger partial charge on any atom is 0.312 e. The molecule has 1 saturated heterocycles. The summed E-state index contributed by atoms with van der Waals surface area (Å²) in [6.45, 7) is 3.72. The maximum atomic E-state index is 12.6. The van der Waals surface area contributed by atoms with Crippen LogP contribution in [0.4, 0.5) is 11.4 Å². The molecule has 30 heavy (non-hydrogen) atoms. The van der Waals surface area contributed by atoms with E-state index in [1.807, 2.05) is 37.3 Å². The summed E-state index contributed by atoms with van der Waals surface area (Å²) in [5.74, 6) is -1.84. The largest absolute Gasteiger partial charge is 0.452 e. The second-order valence-electron chi connectivity index (χ2n) is 7.15. The zero-order valence-electron chi connectivity index (χ0n) is 16.9. The molecule has 2 aromatic rings. The molecule has 1 aliphatic heterocycles. The molecule has 0 saturated carbocycles. The number of aryl methyl sites for hydroxylation is 1. The molecule has 1 fully saturated rings. The van der Waals surface area contributed by atoms with Crippen molar-refractivity contribution in [3.05, 3.63) is 59.7 Å². The monoisotopic (exact) mass is 405 g/mol. The van der Waals surface area contributed by atoms with Gasteiger partial charge in [-0.25, -0.2) is 0 Å².